The third kappa shape index (κ3) is 4.54. The van der Waals surface area contributed by atoms with Crippen LogP contribution in [0.1, 0.15) is 21.5 Å². The number of amides is 1. The molecule has 0 saturated heterocycles. The zero-order chi connectivity index (χ0) is 18.5. The van der Waals surface area contributed by atoms with E-state index in [4.69, 9.17) is 23.2 Å². The van der Waals surface area contributed by atoms with Crippen molar-refractivity contribution < 1.29 is 4.79 Å². The quantitative estimate of drug-likeness (QED) is 0.716. The van der Waals surface area contributed by atoms with Crippen molar-refractivity contribution >= 4 is 29.1 Å². The second-order valence-corrected chi connectivity index (χ2v) is 6.62. The minimum absolute atomic E-state index is 0.198. The van der Waals surface area contributed by atoms with E-state index in [2.05, 4.69) is 5.32 Å². The SMILES string of the molecule is O=C(NCc1ccccc1)c1ccc(=O)n(Cc2ccc(Cl)c(Cl)c2)c1. The van der Waals surface area contributed by atoms with Crippen molar-refractivity contribution in [3.63, 3.8) is 0 Å². The lowest BCUT2D eigenvalue weighted by Crippen LogP contribution is -2.26. The average molecular weight is 387 g/mol. The smallest absolute Gasteiger partial charge is 0.253 e. The van der Waals surface area contributed by atoms with Crippen LogP contribution in [-0.4, -0.2) is 10.5 Å². The number of nitrogens with one attached hydrogen (secondary N) is 1. The van der Waals surface area contributed by atoms with Crippen molar-refractivity contribution in [3.8, 4) is 0 Å². The first-order valence-electron chi connectivity index (χ1n) is 7.99. The van der Waals surface area contributed by atoms with Crippen molar-refractivity contribution in [2.75, 3.05) is 0 Å². The Labute approximate surface area is 161 Å². The molecule has 26 heavy (non-hydrogen) atoms. The number of carbonyl (C=O) groups is 1. The summed E-state index contributed by atoms with van der Waals surface area (Å²) in [4.78, 5) is 24.5. The lowest BCUT2D eigenvalue weighted by atomic mass is 10.2. The van der Waals surface area contributed by atoms with Gasteiger partial charge >= 0.3 is 0 Å². The molecule has 0 aliphatic carbocycles. The number of rotatable bonds is 5. The maximum Gasteiger partial charge on any atom is 0.253 e. The highest BCUT2D eigenvalue weighted by Crippen LogP contribution is 2.22. The summed E-state index contributed by atoms with van der Waals surface area (Å²) in [5, 5.41) is 3.73. The third-order valence-corrected chi connectivity index (χ3v) is 4.62. The first-order chi connectivity index (χ1) is 12.5. The van der Waals surface area contributed by atoms with Crippen LogP contribution in [0.2, 0.25) is 10.0 Å². The molecular weight excluding hydrogens is 371 g/mol. The highest BCUT2D eigenvalue weighted by molar-refractivity contribution is 6.42. The Kier molecular flexibility index (Phi) is 5.76. The zero-order valence-corrected chi connectivity index (χ0v) is 15.3. The summed E-state index contributed by atoms with van der Waals surface area (Å²) in [5.41, 5.74) is 2.05. The van der Waals surface area contributed by atoms with Crippen LogP contribution in [0.3, 0.4) is 0 Å². The van der Waals surface area contributed by atoms with E-state index in [1.807, 2.05) is 30.3 Å². The molecule has 0 atom stereocenters. The molecule has 0 fully saturated rings. The molecule has 3 aromatic rings. The number of benzene rings is 2. The molecule has 1 N–H and O–H groups in total. The van der Waals surface area contributed by atoms with Gasteiger partial charge in [-0.25, -0.2) is 0 Å². The van der Waals surface area contributed by atoms with Crippen molar-refractivity contribution in [1.29, 1.82) is 0 Å². The van der Waals surface area contributed by atoms with Gasteiger partial charge in [0.25, 0.3) is 11.5 Å². The predicted molar refractivity (Wildman–Crippen MR) is 104 cm³/mol. The van der Waals surface area contributed by atoms with Gasteiger partial charge in [0.1, 0.15) is 0 Å². The largest absolute Gasteiger partial charge is 0.348 e. The fraction of sp³-hybridized carbons (Fsp3) is 0.100. The molecule has 4 nitrogen and oxygen atoms in total. The van der Waals surface area contributed by atoms with Gasteiger partial charge in [0.05, 0.1) is 22.2 Å². The lowest BCUT2D eigenvalue weighted by molar-refractivity contribution is 0.0950. The first-order valence-corrected chi connectivity index (χ1v) is 8.75. The Bertz CT molecular complexity index is 985. The molecule has 3 rings (SSSR count). The van der Waals surface area contributed by atoms with Crippen molar-refractivity contribution in [2.45, 2.75) is 13.1 Å². The normalized spacial score (nSPS) is 10.5. The summed E-state index contributed by atoms with van der Waals surface area (Å²) < 4.78 is 1.47. The number of carbonyl (C=O) groups excluding carboxylic acids is 1. The van der Waals surface area contributed by atoms with E-state index in [9.17, 15) is 9.59 Å². The first kappa shape index (κ1) is 18.2. The molecule has 0 spiro atoms. The van der Waals surface area contributed by atoms with Gasteiger partial charge in [-0.2, -0.15) is 0 Å². The van der Waals surface area contributed by atoms with Crippen LogP contribution in [0.4, 0.5) is 0 Å². The monoisotopic (exact) mass is 386 g/mol. The van der Waals surface area contributed by atoms with Gasteiger partial charge in [-0.1, -0.05) is 59.6 Å². The van der Waals surface area contributed by atoms with Gasteiger partial charge in [-0.3, -0.25) is 9.59 Å². The molecule has 0 radical (unpaired) electrons. The number of aromatic nitrogens is 1. The fourth-order valence-electron chi connectivity index (χ4n) is 2.50. The fourth-order valence-corrected chi connectivity index (χ4v) is 2.82. The van der Waals surface area contributed by atoms with Crippen LogP contribution in [-0.2, 0) is 13.1 Å². The Balaban J connectivity index is 1.75. The van der Waals surface area contributed by atoms with E-state index in [0.29, 0.717) is 28.7 Å². The van der Waals surface area contributed by atoms with E-state index in [0.717, 1.165) is 11.1 Å². The minimum Gasteiger partial charge on any atom is -0.348 e. The van der Waals surface area contributed by atoms with Crippen molar-refractivity contribution in [2.24, 2.45) is 0 Å². The molecule has 1 amide bonds. The van der Waals surface area contributed by atoms with Gasteiger partial charge in [0.2, 0.25) is 0 Å². The van der Waals surface area contributed by atoms with E-state index in [1.54, 1.807) is 24.4 Å². The lowest BCUT2D eigenvalue weighted by Gasteiger charge is -2.10. The number of nitrogens with zero attached hydrogens (tertiary/aromatic N) is 1. The minimum atomic E-state index is -0.239. The maximum atomic E-state index is 12.4. The van der Waals surface area contributed by atoms with Crippen LogP contribution in [0.5, 0.6) is 0 Å². The van der Waals surface area contributed by atoms with Gasteiger partial charge < -0.3 is 9.88 Å². The van der Waals surface area contributed by atoms with Crippen LogP contribution < -0.4 is 10.9 Å². The number of hydrogen-bond donors (Lipinski definition) is 1. The van der Waals surface area contributed by atoms with E-state index in [-0.39, 0.29) is 11.5 Å². The van der Waals surface area contributed by atoms with E-state index >= 15 is 0 Å². The van der Waals surface area contributed by atoms with Crippen molar-refractivity contribution in [3.05, 3.63) is 104 Å². The number of pyridine rings is 1. The molecule has 1 heterocycles. The molecule has 132 valence electrons. The molecule has 0 aliphatic rings. The Morgan fingerprint density at radius 1 is 0.923 bits per heavy atom. The van der Waals surface area contributed by atoms with Gasteiger partial charge in [0, 0.05) is 18.8 Å². The Morgan fingerprint density at radius 3 is 2.42 bits per heavy atom. The summed E-state index contributed by atoms with van der Waals surface area (Å²) in [7, 11) is 0. The number of halogens is 2. The van der Waals surface area contributed by atoms with Crippen LogP contribution in [0.25, 0.3) is 0 Å². The summed E-state index contributed by atoms with van der Waals surface area (Å²) in [5.74, 6) is -0.239. The van der Waals surface area contributed by atoms with Gasteiger partial charge in [-0.15, -0.1) is 0 Å². The summed E-state index contributed by atoms with van der Waals surface area (Å²) >= 11 is 11.9. The standard InChI is InChI=1S/C20H16Cl2N2O2/c21-17-8-6-15(10-18(17)22)12-24-13-16(7-9-19(24)25)20(26)23-11-14-4-2-1-3-5-14/h1-10,13H,11-12H2,(H,23,26). The topological polar surface area (TPSA) is 51.1 Å². The molecule has 2 aromatic carbocycles. The van der Waals surface area contributed by atoms with E-state index < -0.39 is 0 Å². The summed E-state index contributed by atoms with van der Waals surface area (Å²) in [6.07, 6.45) is 1.55. The number of hydrogen-bond acceptors (Lipinski definition) is 2. The van der Waals surface area contributed by atoms with Crippen LogP contribution in [0.15, 0.2) is 71.7 Å². The summed E-state index contributed by atoms with van der Waals surface area (Å²) in [6, 6.07) is 17.7. The second-order valence-electron chi connectivity index (χ2n) is 5.80. The Hall–Kier alpha value is -2.56. The second kappa shape index (κ2) is 8.21. The molecule has 6 heteroatoms. The predicted octanol–water partition coefficient (Wildman–Crippen LogP) is 4.13. The molecule has 0 unspecified atom stereocenters. The Morgan fingerprint density at radius 2 is 1.69 bits per heavy atom. The highest BCUT2D eigenvalue weighted by atomic mass is 35.5. The van der Waals surface area contributed by atoms with Gasteiger partial charge in [-0.05, 0) is 29.3 Å². The molecular formula is C20H16Cl2N2O2. The zero-order valence-electron chi connectivity index (χ0n) is 13.8. The highest BCUT2D eigenvalue weighted by Gasteiger charge is 2.09. The molecule has 0 aliphatic heterocycles. The molecule has 0 bridgehead atoms. The van der Waals surface area contributed by atoms with Crippen molar-refractivity contribution in [1.82, 2.24) is 9.88 Å². The van der Waals surface area contributed by atoms with Crippen LogP contribution in [0, 0.1) is 0 Å². The van der Waals surface area contributed by atoms with E-state index in [1.165, 1.54) is 16.7 Å². The van der Waals surface area contributed by atoms with Crippen LogP contribution >= 0.6 is 23.2 Å². The molecule has 0 saturated carbocycles. The third-order valence-electron chi connectivity index (χ3n) is 3.88. The maximum absolute atomic E-state index is 12.4. The summed E-state index contributed by atoms with van der Waals surface area (Å²) in [6.45, 7) is 0.723. The average Bonchev–Trinajstić information content (AvgIpc) is 2.65. The van der Waals surface area contributed by atoms with Gasteiger partial charge in [0.15, 0.2) is 0 Å². The molecule has 1 aromatic heterocycles.